The summed E-state index contributed by atoms with van der Waals surface area (Å²) in [6.45, 7) is 7.21. The fourth-order valence-corrected chi connectivity index (χ4v) is 4.58. The van der Waals surface area contributed by atoms with E-state index in [1.54, 1.807) is 35.2 Å². The summed E-state index contributed by atoms with van der Waals surface area (Å²) in [6, 6.07) is 11.9. The zero-order valence-corrected chi connectivity index (χ0v) is 20.7. The second-order valence-electron chi connectivity index (χ2n) is 9.35. The third kappa shape index (κ3) is 5.27. The Morgan fingerprint density at radius 2 is 2.03 bits per heavy atom. The van der Waals surface area contributed by atoms with Gasteiger partial charge in [-0.3, -0.25) is 15.0 Å². The summed E-state index contributed by atoms with van der Waals surface area (Å²) in [5.74, 6) is 0.481. The summed E-state index contributed by atoms with van der Waals surface area (Å²) in [6.07, 6.45) is 5.02. The van der Waals surface area contributed by atoms with Crippen LogP contribution < -0.4 is 5.32 Å². The quantitative estimate of drug-likeness (QED) is 0.497. The first kappa shape index (κ1) is 24.0. The van der Waals surface area contributed by atoms with Crippen molar-refractivity contribution < 1.29 is 14.3 Å². The number of fused-ring (bicyclic) bond motifs is 2. The van der Waals surface area contributed by atoms with Crippen LogP contribution in [0.1, 0.15) is 29.8 Å². The van der Waals surface area contributed by atoms with E-state index in [2.05, 4.69) is 32.3 Å². The number of urea groups is 1. The van der Waals surface area contributed by atoms with Gasteiger partial charge in [0.25, 0.3) is 0 Å². The Balaban J connectivity index is 1.22. The average molecular weight is 489 g/mol. The molecule has 0 spiro atoms. The van der Waals surface area contributed by atoms with Crippen molar-refractivity contribution >= 4 is 34.7 Å². The van der Waals surface area contributed by atoms with Crippen molar-refractivity contribution in [1.82, 2.24) is 24.7 Å². The van der Waals surface area contributed by atoms with Gasteiger partial charge in [0.2, 0.25) is 5.91 Å². The van der Waals surface area contributed by atoms with E-state index in [1.807, 2.05) is 31.2 Å². The molecule has 2 aliphatic rings. The Hall–Kier alpha value is -3.69. The number of ether oxygens (including phenoxy) is 1. The molecular weight excluding hydrogens is 456 g/mol. The first-order valence-electron chi connectivity index (χ1n) is 12.4. The summed E-state index contributed by atoms with van der Waals surface area (Å²) in [4.78, 5) is 39.0. The van der Waals surface area contributed by atoms with Gasteiger partial charge < -0.3 is 19.5 Å². The molecule has 2 aliphatic heterocycles. The predicted molar refractivity (Wildman–Crippen MR) is 139 cm³/mol. The molecule has 9 nitrogen and oxygen atoms in total. The van der Waals surface area contributed by atoms with Gasteiger partial charge in [-0.15, -0.1) is 0 Å². The number of aromatic nitrogens is 2. The monoisotopic (exact) mass is 488 g/mol. The molecule has 5 rings (SSSR count). The molecule has 0 bridgehead atoms. The fraction of sp³-hybridized carbons (Fsp3) is 0.370. The number of likely N-dealkylation sites (N-methyl/N-ethyl adjacent to an activating group) is 1. The van der Waals surface area contributed by atoms with Crippen LogP contribution in [-0.4, -0.2) is 83.0 Å². The van der Waals surface area contributed by atoms with E-state index >= 15 is 0 Å². The number of amides is 3. The van der Waals surface area contributed by atoms with Gasteiger partial charge in [-0.1, -0.05) is 18.2 Å². The van der Waals surface area contributed by atoms with E-state index in [4.69, 9.17) is 4.74 Å². The second-order valence-corrected chi connectivity index (χ2v) is 9.35. The van der Waals surface area contributed by atoms with Crippen LogP contribution >= 0.6 is 0 Å². The summed E-state index contributed by atoms with van der Waals surface area (Å²) in [5, 5.41) is 4.01. The summed E-state index contributed by atoms with van der Waals surface area (Å²) in [7, 11) is 1.80. The van der Waals surface area contributed by atoms with Gasteiger partial charge in [-0.25, -0.2) is 9.78 Å². The highest BCUT2D eigenvalue weighted by atomic mass is 16.5. The van der Waals surface area contributed by atoms with Crippen LogP contribution in [0.2, 0.25) is 0 Å². The number of carbonyl (C=O) groups excluding carboxylic acids is 2. The van der Waals surface area contributed by atoms with Crippen molar-refractivity contribution in [3.8, 4) is 0 Å². The number of morpholine rings is 1. The standard InChI is InChI=1S/C27H32N6O3/c1-19(24-16-21-5-3-4-6-23(21)29-24)31(2)25(34)8-7-20-15-22-18-33(27(35)30-26(22)28-17-20)10-9-32-11-13-36-14-12-32/h3-8,15-17,19,29H,9-14,18H2,1-2H3,(H,28,30,35). The summed E-state index contributed by atoms with van der Waals surface area (Å²) < 4.78 is 5.40. The number of pyridine rings is 1. The number of rotatable bonds is 7. The van der Waals surface area contributed by atoms with Gasteiger partial charge >= 0.3 is 6.03 Å². The van der Waals surface area contributed by atoms with Gasteiger partial charge in [0.15, 0.2) is 0 Å². The number of benzene rings is 1. The van der Waals surface area contributed by atoms with Crippen LogP contribution in [-0.2, 0) is 16.1 Å². The van der Waals surface area contributed by atoms with Gasteiger partial charge in [0, 0.05) is 62.3 Å². The lowest BCUT2D eigenvalue weighted by Gasteiger charge is -2.32. The van der Waals surface area contributed by atoms with E-state index in [9.17, 15) is 9.59 Å². The van der Waals surface area contributed by atoms with E-state index in [1.165, 1.54) is 0 Å². The van der Waals surface area contributed by atoms with Crippen molar-refractivity contribution in [1.29, 1.82) is 0 Å². The Morgan fingerprint density at radius 1 is 1.22 bits per heavy atom. The number of aromatic amines is 1. The molecule has 0 radical (unpaired) electrons. The molecule has 1 fully saturated rings. The van der Waals surface area contributed by atoms with Crippen LogP contribution in [0.4, 0.5) is 10.6 Å². The van der Waals surface area contributed by atoms with Gasteiger partial charge in [-0.05, 0) is 42.1 Å². The lowest BCUT2D eigenvalue weighted by molar-refractivity contribution is -0.126. The lowest BCUT2D eigenvalue weighted by atomic mass is 10.1. The number of hydrogen-bond donors (Lipinski definition) is 2. The van der Waals surface area contributed by atoms with Gasteiger partial charge in [0.1, 0.15) is 5.82 Å². The van der Waals surface area contributed by atoms with E-state index in [0.717, 1.165) is 60.6 Å². The van der Waals surface area contributed by atoms with Crippen LogP contribution in [0.25, 0.3) is 17.0 Å². The normalized spacial score (nSPS) is 17.3. The molecule has 9 heteroatoms. The molecule has 1 saturated heterocycles. The SMILES string of the molecule is CC(c1cc2ccccc2[nH]1)N(C)C(=O)C=Cc1cnc2c(c1)CN(CCN1CCOCC1)C(=O)N2. The number of para-hydroxylation sites is 1. The Kier molecular flexibility index (Phi) is 7.02. The molecule has 1 atom stereocenters. The Morgan fingerprint density at radius 3 is 2.83 bits per heavy atom. The largest absolute Gasteiger partial charge is 0.379 e. The van der Waals surface area contributed by atoms with Gasteiger partial charge in [0.05, 0.1) is 25.8 Å². The molecule has 4 heterocycles. The van der Waals surface area contributed by atoms with E-state index in [-0.39, 0.29) is 18.0 Å². The van der Waals surface area contributed by atoms with Gasteiger partial charge in [-0.2, -0.15) is 0 Å². The first-order valence-corrected chi connectivity index (χ1v) is 12.4. The molecule has 1 unspecified atom stereocenters. The number of hydrogen-bond acceptors (Lipinski definition) is 5. The molecular formula is C27H32N6O3. The van der Waals surface area contributed by atoms with Crippen molar-refractivity contribution in [2.75, 3.05) is 51.8 Å². The van der Waals surface area contributed by atoms with Crippen LogP contribution in [0, 0.1) is 0 Å². The zero-order chi connectivity index (χ0) is 25.1. The minimum Gasteiger partial charge on any atom is -0.379 e. The Bertz CT molecular complexity index is 1250. The molecule has 188 valence electrons. The highest BCUT2D eigenvalue weighted by Gasteiger charge is 2.24. The fourth-order valence-electron chi connectivity index (χ4n) is 4.58. The number of nitrogens with zero attached hydrogens (tertiary/aromatic N) is 4. The third-order valence-corrected chi connectivity index (χ3v) is 7.00. The molecule has 2 aromatic heterocycles. The molecule has 3 amide bonds. The summed E-state index contributed by atoms with van der Waals surface area (Å²) in [5.41, 5.74) is 3.80. The number of anilines is 1. The summed E-state index contributed by atoms with van der Waals surface area (Å²) >= 11 is 0. The minimum atomic E-state index is -0.130. The third-order valence-electron chi connectivity index (χ3n) is 7.00. The average Bonchev–Trinajstić information content (AvgIpc) is 3.34. The zero-order valence-electron chi connectivity index (χ0n) is 20.7. The molecule has 0 saturated carbocycles. The molecule has 3 aromatic rings. The van der Waals surface area contributed by atoms with Crippen molar-refractivity contribution in [2.24, 2.45) is 0 Å². The maximum Gasteiger partial charge on any atom is 0.323 e. The van der Waals surface area contributed by atoms with E-state index in [0.29, 0.717) is 18.9 Å². The maximum absolute atomic E-state index is 12.9. The smallest absolute Gasteiger partial charge is 0.323 e. The highest BCUT2D eigenvalue weighted by molar-refractivity contribution is 5.93. The number of nitrogens with one attached hydrogen (secondary N) is 2. The topological polar surface area (TPSA) is 93.8 Å². The predicted octanol–water partition coefficient (Wildman–Crippen LogP) is 3.48. The van der Waals surface area contributed by atoms with Crippen LogP contribution in [0.15, 0.2) is 48.7 Å². The van der Waals surface area contributed by atoms with Crippen molar-refractivity contribution in [2.45, 2.75) is 19.5 Å². The molecule has 36 heavy (non-hydrogen) atoms. The number of H-pyrrole nitrogens is 1. The minimum absolute atomic E-state index is 0.0979. The number of carbonyl (C=O) groups is 2. The highest BCUT2D eigenvalue weighted by Crippen LogP contribution is 2.25. The second kappa shape index (κ2) is 10.5. The molecule has 1 aromatic carbocycles. The maximum atomic E-state index is 12.9. The molecule has 2 N–H and O–H groups in total. The van der Waals surface area contributed by atoms with Crippen molar-refractivity contribution in [3.63, 3.8) is 0 Å². The van der Waals surface area contributed by atoms with Crippen LogP contribution in [0.5, 0.6) is 0 Å². The van der Waals surface area contributed by atoms with Crippen molar-refractivity contribution in [3.05, 3.63) is 65.5 Å². The van der Waals surface area contributed by atoms with E-state index < -0.39 is 0 Å². The molecule has 0 aliphatic carbocycles. The lowest BCUT2D eigenvalue weighted by Crippen LogP contribution is -2.45. The Labute approximate surface area is 210 Å². The van der Waals surface area contributed by atoms with Crippen LogP contribution in [0.3, 0.4) is 0 Å². The first-order chi connectivity index (χ1) is 17.5.